The fraction of sp³-hybridized carbons (Fsp3) is 0.278. The van der Waals surface area contributed by atoms with Crippen molar-refractivity contribution in [2.24, 2.45) is 0 Å². The van der Waals surface area contributed by atoms with Gasteiger partial charge < -0.3 is 10.6 Å². The van der Waals surface area contributed by atoms with Gasteiger partial charge in [0.15, 0.2) is 0 Å². The first-order chi connectivity index (χ1) is 11.6. The fourth-order valence-corrected chi connectivity index (χ4v) is 2.85. The molecule has 6 heteroatoms. The van der Waals surface area contributed by atoms with Crippen LogP contribution in [0, 0.1) is 11.3 Å². The van der Waals surface area contributed by atoms with Crippen molar-refractivity contribution in [3.63, 3.8) is 0 Å². The summed E-state index contributed by atoms with van der Waals surface area (Å²) in [5.41, 5.74) is 0.956. The molecule has 2 aromatic rings. The molecule has 0 aliphatic carbocycles. The fourth-order valence-electron chi connectivity index (χ4n) is 2.23. The zero-order chi connectivity index (χ0) is 17.4. The maximum absolute atomic E-state index is 12.5. The second-order valence-corrected chi connectivity index (χ2v) is 6.41. The molecule has 124 valence electrons. The van der Waals surface area contributed by atoms with Gasteiger partial charge in [0, 0.05) is 12.5 Å². The number of nitrogens with one attached hydrogen (secondary N) is 2. The molecule has 0 unspecified atom stereocenters. The molecule has 0 aliphatic rings. The van der Waals surface area contributed by atoms with Gasteiger partial charge in [0.2, 0.25) is 5.91 Å². The van der Waals surface area contributed by atoms with Crippen LogP contribution in [0.15, 0.2) is 47.8 Å². The number of rotatable bonds is 7. The van der Waals surface area contributed by atoms with E-state index in [1.165, 1.54) is 11.3 Å². The highest BCUT2D eigenvalue weighted by atomic mass is 32.1. The summed E-state index contributed by atoms with van der Waals surface area (Å²) in [4.78, 5) is 25.4. The number of nitrogens with zero attached hydrogens (tertiary/aromatic N) is 1. The van der Waals surface area contributed by atoms with Gasteiger partial charge in [-0.3, -0.25) is 9.59 Å². The molecule has 0 radical (unpaired) electrons. The van der Waals surface area contributed by atoms with Crippen molar-refractivity contribution in [2.75, 3.05) is 0 Å². The standard InChI is InChI=1S/C18H19N3O2S/c1-13(9-10-19)20-17(22)15(12-14-6-3-2-4-7-14)21-18(23)16-8-5-11-24-16/h2-8,11,13,15H,9,12H2,1H3,(H,20,22)(H,21,23)/t13-,15-/m1/s1. The van der Waals surface area contributed by atoms with Crippen LogP contribution >= 0.6 is 11.3 Å². The van der Waals surface area contributed by atoms with Crippen molar-refractivity contribution >= 4 is 23.2 Å². The lowest BCUT2D eigenvalue weighted by atomic mass is 10.0. The van der Waals surface area contributed by atoms with Crippen LogP contribution in [0.5, 0.6) is 0 Å². The van der Waals surface area contributed by atoms with Crippen molar-refractivity contribution in [1.29, 1.82) is 5.26 Å². The quantitative estimate of drug-likeness (QED) is 0.812. The lowest BCUT2D eigenvalue weighted by Crippen LogP contribution is -2.50. The van der Waals surface area contributed by atoms with E-state index in [-0.39, 0.29) is 24.3 Å². The molecule has 5 nitrogen and oxygen atoms in total. The summed E-state index contributed by atoms with van der Waals surface area (Å²) in [6, 6.07) is 14.1. The van der Waals surface area contributed by atoms with E-state index in [2.05, 4.69) is 10.6 Å². The lowest BCUT2D eigenvalue weighted by Gasteiger charge is -2.20. The normalized spacial score (nSPS) is 12.7. The molecule has 0 saturated heterocycles. The van der Waals surface area contributed by atoms with E-state index in [1.807, 2.05) is 41.8 Å². The van der Waals surface area contributed by atoms with E-state index < -0.39 is 6.04 Å². The summed E-state index contributed by atoms with van der Waals surface area (Å²) in [5, 5.41) is 16.1. The van der Waals surface area contributed by atoms with Crippen LogP contribution in [-0.4, -0.2) is 23.9 Å². The van der Waals surface area contributed by atoms with E-state index >= 15 is 0 Å². The molecule has 0 aliphatic heterocycles. The monoisotopic (exact) mass is 341 g/mol. The maximum Gasteiger partial charge on any atom is 0.262 e. The Morgan fingerprint density at radius 2 is 1.92 bits per heavy atom. The Labute approximate surface area is 145 Å². The average Bonchev–Trinajstić information content (AvgIpc) is 3.10. The Kier molecular flexibility index (Phi) is 6.52. The van der Waals surface area contributed by atoms with E-state index in [4.69, 9.17) is 5.26 Å². The molecule has 0 fully saturated rings. The van der Waals surface area contributed by atoms with Gasteiger partial charge in [0.05, 0.1) is 17.4 Å². The summed E-state index contributed by atoms with van der Waals surface area (Å²) in [7, 11) is 0. The molecule has 1 heterocycles. The minimum absolute atomic E-state index is 0.225. The summed E-state index contributed by atoms with van der Waals surface area (Å²) >= 11 is 1.33. The number of carbonyl (C=O) groups is 2. The minimum Gasteiger partial charge on any atom is -0.351 e. The Morgan fingerprint density at radius 3 is 2.54 bits per heavy atom. The molecule has 0 spiro atoms. The molecule has 24 heavy (non-hydrogen) atoms. The van der Waals surface area contributed by atoms with Gasteiger partial charge in [-0.15, -0.1) is 11.3 Å². The predicted molar refractivity (Wildman–Crippen MR) is 93.6 cm³/mol. The summed E-state index contributed by atoms with van der Waals surface area (Å²) < 4.78 is 0. The second kappa shape index (κ2) is 8.85. The molecule has 2 N–H and O–H groups in total. The van der Waals surface area contributed by atoms with Crippen LogP contribution < -0.4 is 10.6 Å². The molecule has 2 atom stereocenters. The molecule has 2 amide bonds. The molecule has 2 rings (SSSR count). The van der Waals surface area contributed by atoms with Gasteiger partial charge in [0.1, 0.15) is 6.04 Å². The third-order valence-electron chi connectivity index (χ3n) is 3.44. The average molecular weight is 341 g/mol. The Bertz CT molecular complexity index is 708. The van der Waals surface area contributed by atoms with Crippen molar-refractivity contribution in [1.82, 2.24) is 10.6 Å². The molecular formula is C18H19N3O2S. The van der Waals surface area contributed by atoms with E-state index in [9.17, 15) is 9.59 Å². The van der Waals surface area contributed by atoms with Crippen molar-refractivity contribution in [3.05, 3.63) is 58.3 Å². The van der Waals surface area contributed by atoms with Gasteiger partial charge in [-0.05, 0) is 23.9 Å². The van der Waals surface area contributed by atoms with Crippen molar-refractivity contribution in [3.8, 4) is 6.07 Å². The van der Waals surface area contributed by atoms with Crippen LogP contribution in [0.4, 0.5) is 0 Å². The van der Waals surface area contributed by atoms with Crippen LogP contribution in [0.25, 0.3) is 0 Å². The second-order valence-electron chi connectivity index (χ2n) is 5.46. The topological polar surface area (TPSA) is 82.0 Å². The first kappa shape index (κ1) is 17.7. The Hall–Kier alpha value is -2.65. The minimum atomic E-state index is -0.692. The highest BCUT2D eigenvalue weighted by Gasteiger charge is 2.23. The van der Waals surface area contributed by atoms with Gasteiger partial charge in [-0.2, -0.15) is 5.26 Å². The molecule has 1 aromatic heterocycles. The zero-order valence-corrected chi connectivity index (χ0v) is 14.2. The highest BCUT2D eigenvalue weighted by molar-refractivity contribution is 7.12. The van der Waals surface area contributed by atoms with Gasteiger partial charge in [0.25, 0.3) is 5.91 Å². The van der Waals surface area contributed by atoms with Crippen LogP contribution in [0.1, 0.15) is 28.6 Å². The number of nitriles is 1. The van der Waals surface area contributed by atoms with Gasteiger partial charge >= 0.3 is 0 Å². The predicted octanol–water partition coefficient (Wildman–Crippen LogP) is 2.51. The first-order valence-corrected chi connectivity index (χ1v) is 8.53. The molecule has 1 aromatic carbocycles. The number of benzene rings is 1. The Balaban J connectivity index is 2.10. The van der Waals surface area contributed by atoms with Crippen LogP contribution in [0.3, 0.4) is 0 Å². The summed E-state index contributed by atoms with van der Waals surface area (Å²) in [6.07, 6.45) is 0.617. The Morgan fingerprint density at radius 1 is 1.17 bits per heavy atom. The van der Waals surface area contributed by atoms with Gasteiger partial charge in [-0.25, -0.2) is 0 Å². The van der Waals surface area contributed by atoms with Crippen molar-refractivity contribution in [2.45, 2.75) is 31.8 Å². The molecular weight excluding hydrogens is 322 g/mol. The highest BCUT2D eigenvalue weighted by Crippen LogP contribution is 2.10. The number of hydrogen-bond donors (Lipinski definition) is 2. The number of hydrogen-bond acceptors (Lipinski definition) is 4. The van der Waals surface area contributed by atoms with Crippen LogP contribution in [0.2, 0.25) is 0 Å². The summed E-state index contributed by atoms with van der Waals surface area (Å²) in [5.74, 6) is -0.555. The SMILES string of the molecule is C[C@H](CC#N)NC(=O)[C@@H](Cc1ccccc1)NC(=O)c1cccs1. The third kappa shape index (κ3) is 5.21. The van der Waals surface area contributed by atoms with Crippen molar-refractivity contribution < 1.29 is 9.59 Å². The zero-order valence-electron chi connectivity index (χ0n) is 13.4. The molecule has 0 bridgehead atoms. The maximum atomic E-state index is 12.5. The van der Waals surface area contributed by atoms with E-state index in [0.717, 1.165) is 5.56 Å². The van der Waals surface area contributed by atoms with Gasteiger partial charge in [-0.1, -0.05) is 36.4 Å². The third-order valence-corrected chi connectivity index (χ3v) is 4.30. The molecule has 0 saturated carbocycles. The first-order valence-electron chi connectivity index (χ1n) is 7.65. The largest absolute Gasteiger partial charge is 0.351 e. The van der Waals surface area contributed by atoms with E-state index in [0.29, 0.717) is 11.3 Å². The number of thiophene rings is 1. The van der Waals surface area contributed by atoms with Crippen LogP contribution in [-0.2, 0) is 11.2 Å². The smallest absolute Gasteiger partial charge is 0.262 e. The summed E-state index contributed by atoms with van der Waals surface area (Å²) in [6.45, 7) is 1.77. The lowest BCUT2D eigenvalue weighted by molar-refractivity contribution is -0.123. The van der Waals surface area contributed by atoms with E-state index in [1.54, 1.807) is 19.1 Å². The number of carbonyl (C=O) groups excluding carboxylic acids is 2. The number of amides is 2.